The second kappa shape index (κ2) is 8.60. The number of nitrogen functional groups attached to an aromatic ring is 1. The number of carbonyl (C=O) groups excluding carboxylic acids is 1. The third kappa shape index (κ3) is 3.70. The number of para-hydroxylation sites is 1. The topological polar surface area (TPSA) is 92.5 Å². The predicted molar refractivity (Wildman–Crippen MR) is 129 cm³/mol. The number of hydrogen-bond donors (Lipinski definition) is 3. The zero-order valence-corrected chi connectivity index (χ0v) is 18.3. The number of hydrogen-bond acceptors (Lipinski definition) is 6. The van der Waals surface area contributed by atoms with Crippen LogP contribution in [-0.4, -0.2) is 28.9 Å². The van der Waals surface area contributed by atoms with Crippen LogP contribution in [0.5, 0.6) is 11.5 Å². The summed E-state index contributed by atoms with van der Waals surface area (Å²) in [6.45, 7) is 4.98. The predicted octanol–water partition coefficient (Wildman–Crippen LogP) is 4.05. The number of nitrogens with zero attached hydrogens (tertiary/aromatic N) is 2. The van der Waals surface area contributed by atoms with Crippen LogP contribution < -0.4 is 21.3 Å². The number of nitrogens with two attached hydrogens (primary N) is 1. The fourth-order valence-corrected chi connectivity index (χ4v) is 5.05. The number of likely N-dealkylation sites (tertiary alicyclic amines) is 1. The minimum Gasteiger partial charge on any atom is -0.457 e. The van der Waals surface area contributed by atoms with Crippen LogP contribution in [0.4, 0.5) is 11.5 Å². The van der Waals surface area contributed by atoms with E-state index in [0.717, 1.165) is 47.7 Å². The molecule has 3 heterocycles. The molecule has 1 saturated heterocycles. The molecule has 0 aliphatic carbocycles. The van der Waals surface area contributed by atoms with Crippen LogP contribution in [0.25, 0.3) is 0 Å². The molecule has 1 unspecified atom stereocenters. The van der Waals surface area contributed by atoms with Gasteiger partial charge in [-0.3, -0.25) is 4.79 Å². The number of nitrogens with one attached hydrogen (secondary N) is 2. The highest BCUT2D eigenvalue weighted by Crippen LogP contribution is 2.49. The first-order chi connectivity index (χ1) is 16.1. The fourth-order valence-electron chi connectivity index (χ4n) is 5.05. The van der Waals surface area contributed by atoms with Gasteiger partial charge in [0.25, 0.3) is 0 Å². The summed E-state index contributed by atoms with van der Waals surface area (Å²) in [6, 6.07) is 19.7. The van der Waals surface area contributed by atoms with Crippen LogP contribution in [0, 0.1) is 5.92 Å². The van der Waals surface area contributed by atoms with E-state index in [2.05, 4.69) is 34.5 Å². The summed E-state index contributed by atoms with van der Waals surface area (Å²) in [5.41, 5.74) is 15.5. The lowest BCUT2D eigenvalue weighted by Gasteiger charge is -2.43. The highest BCUT2D eigenvalue weighted by Gasteiger charge is 2.50. The number of benzene rings is 2. The highest BCUT2D eigenvalue weighted by atomic mass is 16.5. The third-order valence-electron chi connectivity index (χ3n) is 6.58. The van der Waals surface area contributed by atoms with E-state index in [-0.39, 0.29) is 11.8 Å². The van der Waals surface area contributed by atoms with Gasteiger partial charge in [0.1, 0.15) is 17.3 Å². The van der Waals surface area contributed by atoms with Crippen molar-refractivity contribution in [3.63, 3.8) is 0 Å². The van der Waals surface area contributed by atoms with Crippen LogP contribution >= 0.6 is 0 Å². The van der Waals surface area contributed by atoms with Crippen molar-refractivity contribution in [2.45, 2.75) is 18.4 Å². The van der Waals surface area contributed by atoms with Crippen molar-refractivity contribution < 1.29 is 9.53 Å². The summed E-state index contributed by atoms with van der Waals surface area (Å²) in [4.78, 5) is 18.7. The normalized spacial score (nSPS) is 21.7. The zero-order valence-electron chi connectivity index (χ0n) is 18.3. The first-order valence-corrected chi connectivity index (χ1v) is 11.1. The molecule has 5 rings (SSSR count). The van der Waals surface area contributed by atoms with E-state index in [9.17, 15) is 4.79 Å². The third-order valence-corrected chi connectivity index (χ3v) is 6.58. The number of anilines is 2. The Kier molecular flexibility index (Phi) is 5.48. The van der Waals surface area contributed by atoms with Gasteiger partial charge in [0.2, 0.25) is 5.91 Å². The lowest BCUT2D eigenvalue weighted by molar-refractivity contribution is -0.128. The smallest absolute Gasteiger partial charge is 0.245 e. The van der Waals surface area contributed by atoms with Crippen molar-refractivity contribution in [3.8, 4) is 11.5 Å². The molecule has 3 aromatic rings. The molecular formula is C26H27N5O2. The maximum atomic E-state index is 12.4. The van der Waals surface area contributed by atoms with Crippen molar-refractivity contribution in [2.24, 2.45) is 5.92 Å². The van der Waals surface area contributed by atoms with Gasteiger partial charge < -0.3 is 20.8 Å². The average Bonchev–Trinajstić information content (AvgIpc) is 3.27. The monoisotopic (exact) mass is 441 g/mol. The van der Waals surface area contributed by atoms with Gasteiger partial charge in [-0.1, -0.05) is 36.9 Å². The lowest BCUT2D eigenvalue weighted by Crippen LogP contribution is -2.54. The standard InChI is InChI=1S/C26H27N5O2/c1-2-23(32)31-16-6-7-19(17-31)26(24-22(29-30-26)14-15-28-25(24)27)18-10-12-21(13-11-18)33-20-8-4-3-5-9-20/h2-5,8-15,19,29-30H,1,6-7,16-17H2,(H2,27,28)/t19-,26?/m1/s1. The summed E-state index contributed by atoms with van der Waals surface area (Å²) in [7, 11) is 0. The minimum absolute atomic E-state index is 0.0493. The van der Waals surface area contributed by atoms with Crippen molar-refractivity contribution in [3.05, 3.63) is 90.6 Å². The molecule has 7 nitrogen and oxygen atoms in total. The van der Waals surface area contributed by atoms with E-state index in [1.165, 1.54) is 6.08 Å². The Morgan fingerprint density at radius 3 is 2.67 bits per heavy atom. The first-order valence-electron chi connectivity index (χ1n) is 11.1. The van der Waals surface area contributed by atoms with Crippen LogP contribution in [0.15, 0.2) is 79.5 Å². The zero-order chi connectivity index (χ0) is 22.8. The van der Waals surface area contributed by atoms with Crippen molar-refractivity contribution in [2.75, 3.05) is 24.2 Å². The van der Waals surface area contributed by atoms with Gasteiger partial charge in [-0.05, 0) is 54.8 Å². The number of pyridine rings is 1. The maximum absolute atomic E-state index is 12.4. The fraction of sp³-hybridized carbons (Fsp3) is 0.231. The quantitative estimate of drug-likeness (QED) is 0.517. The van der Waals surface area contributed by atoms with Gasteiger partial charge in [0, 0.05) is 30.8 Å². The molecule has 0 saturated carbocycles. The molecule has 0 radical (unpaired) electrons. The van der Waals surface area contributed by atoms with Crippen LogP contribution in [0.2, 0.25) is 0 Å². The number of ether oxygens (including phenoxy) is 1. The Balaban J connectivity index is 1.55. The molecule has 168 valence electrons. The Bertz CT molecular complexity index is 1170. The van der Waals surface area contributed by atoms with E-state index in [4.69, 9.17) is 10.5 Å². The Labute approximate surface area is 193 Å². The SMILES string of the molecule is C=CC(=O)N1CCC[C@@H](C2(c3ccc(Oc4ccccc4)cc3)NNc3ccnc(N)c32)C1. The first kappa shape index (κ1) is 21.0. The van der Waals surface area contributed by atoms with E-state index in [0.29, 0.717) is 12.4 Å². The van der Waals surface area contributed by atoms with E-state index in [1.807, 2.05) is 53.4 Å². The molecule has 0 spiro atoms. The summed E-state index contributed by atoms with van der Waals surface area (Å²) in [6.07, 6.45) is 4.92. The number of carbonyl (C=O) groups is 1. The Hall–Kier alpha value is -3.84. The highest BCUT2D eigenvalue weighted by molar-refractivity contribution is 5.87. The van der Waals surface area contributed by atoms with Gasteiger partial charge in [-0.15, -0.1) is 0 Å². The molecule has 2 aromatic carbocycles. The second-order valence-electron chi connectivity index (χ2n) is 8.44. The molecule has 1 fully saturated rings. The van der Waals surface area contributed by atoms with Crippen molar-refractivity contribution in [1.29, 1.82) is 0 Å². The largest absolute Gasteiger partial charge is 0.457 e. The molecule has 33 heavy (non-hydrogen) atoms. The summed E-state index contributed by atoms with van der Waals surface area (Å²) in [5.74, 6) is 2.03. The molecule has 1 aromatic heterocycles. The second-order valence-corrected chi connectivity index (χ2v) is 8.44. The lowest BCUT2D eigenvalue weighted by atomic mass is 9.70. The summed E-state index contributed by atoms with van der Waals surface area (Å²) < 4.78 is 5.99. The van der Waals surface area contributed by atoms with Crippen LogP contribution in [0.3, 0.4) is 0 Å². The Morgan fingerprint density at radius 2 is 1.91 bits per heavy atom. The number of aromatic nitrogens is 1. The molecule has 1 amide bonds. The molecule has 0 bridgehead atoms. The maximum Gasteiger partial charge on any atom is 0.245 e. The minimum atomic E-state index is -0.640. The average molecular weight is 442 g/mol. The van der Waals surface area contributed by atoms with Crippen LogP contribution in [-0.2, 0) is 10.3 Å². The molecule has 2 aliphatic heterocycles. The number of piperidine rings is 1. The van der Waals surface area contributed by atoms with Gasteiger partial charge in [-0.2, -0.15) is 0 Å². The molecule has 4 N–H and O–H groups in total. The summed E-state index contributed by atoms with van der Waals surface area (Å²) >= 11 is 0. The van der Waals surface area contributed by atoms with Gasteiger partial charge >= 0.3 is 0 Å². The van der Waals surface area contributed by atoms with E-state index in [1.54, 1.807) is 6.20 Å². The van der Waals surface area contributed by atoms with Crippen molar-refractivity contribution >= 4 is 17.4 Å². The van der Waals surface area contributed by atoms with E-state index >= 15 is 0 Å². The van der Waals surface area contributed by atoms with Gasteiger partial charge in [0.05, 0.1) is 11.2 Å². The molecule has 7 heteroatoms. The summed E-state index contributed by atoms with van der Waals surface area (Å²) in [5, 5.41) is 0. The van der Waals surface area contributed by atoms with E-state index < -0.39 is 5.54 Å². The molecular weight excluding hydrogens is 414 g/mol. The van der Waals surface area contributed by atoms with Gasteiger partial charge in [-0.25, -0.2) is 10.4 Å². The number of hydrazine groups is 1. The number of rotatable bonds is 5. The van der Waals surface area contributed by atoms with Crippen LogP contribution in [0.1, 0.15) is 24.0 Å². The molecule has 2 aliphatic rings. The Morgan fingerprint density at radius 1 is 1.15 bits per heavy atom. The van der Waals surface area contributed by atoms with Crippen molar-refractivity contribution in [1.82, 2.24) is 15.3 Å². The molecule has 2 atom stereocenters. The number of fused-ring (bicyclic) bond motifs is 1. The van der Waals surface area contributed by atoms with Gasteiger partial charge in [0.15, 0.2) is 0 Å². The number of amides is 1.